The van der Waals surface area contributed by atoms with Crippen LogP contribution in [0.25, 0.3) is 0 Å². The van der Waals surface area contributed by atoms with E-state index in [0.717, 1.165) is 37.6 Å². The number of ether oxygens (including phenoxy) is 1. The lowest BCUT2D eigenvalue weighted by atomic mass is 10.1. The third-order valence-corrected chi connectivity index (χ3v) is 4.19. The maximum atomic E-state index is 13.0. The smallest absolute Gasteiger partial charge is 0.253 e. The molecule has 1 fully saturated rings. The quantitative estimate of drug-likeness (QED) is 0.865. The second-order valence-corrected chi connectivity index (χ2v) is 5.90. The first-order valence-corrected chi connectivity index (χ1v) is 8.07. The second kappa shape index (κ2) is 7.45. The number of morpholine rings is 1. The number of hydrogen-bond acceptors (Lipinski definition) is 3. The van der Waals surface area contributed by atoms with Gasteiger partial charge in [-0.1, -0.05) is 18.2 Å². The van der Waals surface area contributed by atoms with Crippen LogP contribution in [0.3, 0.4) is 0 Å². The molecule has 0 spiro atoms. The Bertz CT molecular complexity index is 697. The molecule has 4 nitrogen and oxygen atoms in total. The number of hydrogen-bond donors (Lipinski definition) is 0. The minimum Gasteiger partial charge on any atom is -0.378 e. The lowest BCUT2D eigenvalue weighted by molar-refractivity contribution is 0.0785. The van der Waals surface area contributed by atoms with Crippen LogP contribution in [-0.2, 0) is 11.3 Å². The summed E-state index contributed by atoms with van der Waals surface area (Å²) in [5.74, 6) is -0.460. The molecule has 0 bridgehead atoms. The van der Waals surface area contributed by atoms with Gasteiger partial charge in [0.15, 0.2) is 0 Å². The van der Waals surface area contributed by atoms with Crippen LogP contribution in [-0.4, -0.2) is 44.2 Å². The zero-order valence-corrected chi connectivity index (χ0v) is 13.7. The van der Waals surface area contributed by atoms with E-state index in [1.54, 1.807) is 11.9 Å². The maximum absolute atomic E-state index is 13.0. The van der Waals surface area contributed by atoms with Crippen LogP contribution in [0, 0.1) is 5.82 Å². The van der Waals surface area contributed by atoms with Gasteiger partial charge in [-0.25, -0.2) is 4.39 Å². The Kier molecular flexibility index (Phi) is 5.11. The van der Waals surface area contributed by atoms with E-state index < -0.39 is 0 Å². The van der Waals surface area contributed by atoms with Gasteiger partial charge in [-0.05, 0) is 35.9 Å². The number of benzene rings is 2. The number of amides is 1. The molecule has 1 amide bonds. The molecular weight excluding hydrogens is 307 g/mol. The van der Waals surface area contributed by atoms with Crippen molar-refractivity contribution >= 4 is 11.6 Å². The van der Waals surface area contributed by atoms with Crippen LogP contribution in [0.1, 0.15) is 15.9 Å². The van der Waals surface area contributed by atoms with Gasteiger partial charge in [0.05, 0.1) is 13.2 Å². The van der Waals surface area contributed by atoms with Crippen LogP contribution in [0.2, 0.25) is 0 Å². The predicted octanol–water partition coefficient (Wildman–Crippen LogP) is 2.93. The monoisotopic (exact) mass is 328 g/mol. The Morgan fingerprint density at radius 3 is 2.50 bits per heavy atom. The molecule has 5 heteroatoms. The molecule has 0 atom stereocenters. The van der Waals surface area contributed by atoms with Crippen LogP contribution in [0.4, 0.5) is 10.1 Å². The molecule has 2 aromatic carbocycles. The lowest BCUT2D eigenvalue weighted by Crippen LogP contribution is -2.37. The zero-order chi connectivity index (χ0) is 16.9. The first-order chi connectivity index (χ1) is 11.6. The van der Waals surface area contributed by atoms with Crippen molar-refractivity contribution in [2.75, 3.05) is 38.3 Å². The van der Waals surface area contributed by atoms with E-state index in [4.69, 9.17) is 4.74 Å². The molecule has 126 valence electrons. The summed E-state index contributed by atoms with van der Waals surface area (Å²) in [6, 6.07) is 13.8. The van der Waals surface area contributed by atoms with Crippen LogP contribution in [0.15, 0.2) is 48.5 Å². The van der Waals surface area contributed by atoms with Crippen molar-refractivity contribution in [3.05, 3.63) is 65.5 Å². The highest BCUT2D eigenvalue weighted by molar-refractivity contribution is 5.94. The number of anilines is 1. The predicted molar refractivity (Wildman–Crippen MR) is 91.7 cm³/mol. The Balaban J connectivity index is 1.75. The Hall–Kier alpha value is -2.40. The fourth-order valence-corrected chi connectivity index (χ4v) is 2.90. The van der Waals surface area contributed by atoms with Crippen molar-refractivity contribution in [2.24, 2.45) is 0 Å². The first-order valence-electron chi connectivity index (χ1n) is 8.07. The van der Waals surface area contributed by atoms with Gasteiger partial charge < -0.3 is 14.5 Å². The third kappa shape index (κ3) is 3.74. The molecule has 0 unspecified atom stereocenters. The number of rotatable bonds is 4. The summed E-state index contributed by atoms with van der Waals surface area (Å²) in [4.78, 5) is 16.5. The van der Waals surface area contributed by atoms with Crippen LogP contribution in [0.5, 0.6) is 0 Å². The highest BCUT2D eigenvalue weighted by atomic mass is 19.1. The van der Waals surface area contributed by atoms with Gasteiger partial charge in [0.25, 0.3) is 5.91 Å². The van der Waals surface area contributed by atoms with Crippen molar-refractivity contribution in [3.8, 4) is 0 Å². The van der Waals surface area contributed by atoms with Crippen LogP contribution < -0.4 is 4.90 Å². The topological polar surface area (TPSA) is 32.8 Å². The Labute approximate surface area is 141 Å². The normalized spacial score (nSPS) is 14.5. The highest BCUT2D eigenvalue weighted by Gasteiger charge is 2.17. The van der Waals surface area contributed by atoms with E-state index in [1.807, 2.05) is 18.2 Å². The second-order valence-electron chi connectivity index (χ2n) is 5.90. The van der Waals surface area contributed by atoms with E-state index in [9.17, 15) is 9.18 Å². The SMILES string of the molecule is CN(Cc1ccccc1N1CCOCC1)C(=O)c1ccc(F)cc1. The number of carbonyl (C=O) groups is 1. The van der Waals surface area contributed by atoms with E-state index in [0.29, 0.717) is 12.1 Å². The molecule has 1 aliphatic heterocycles. The van der Waals surface area contributed by atoms with E-state index in [2.05, 4.69) is 11.0 Å². The van der Waals surface area contributed by atoms with Crippen LogP contribution >= 0.6 is 0 Å². The molecule has 1 aliphatic rings. The summed E-state index contributed by atoms with van der Waals surface area (Å²) >= 11 is 0. The summed E-state index contributed by atoms with van der Waals surface area (Å²) in [6.07, 6.45) is 0. The van der Waals surface area contributed by atoms with Gasteiger partial charge >= 0.3 is 0 Å². The highest BCUT2D eigenvalue weighted by Crippen LogP contribution is 2.23. The molecule has 24 heavy (non-hydrogen) atoms. The molecule has 0 aliphatic carbocycles. The average molecular weight is 328 g/mol. The summed E-state index contributed by atoms with van der Waals surface area (Å²) in [5, 5.41) is 0. The molecular formula is C19H21FN2O2. The summed E-state index contributed by atoms with van der Waals surface area (Å²) in [6.45, 7) is 3.65. The van der Waals surface area contributed by atoms with Crippen molar-refractivity contribution in [3.63, 3.8) is 0 Å². The van der Waals surface area contributed by atoms with Crippen molar-refractivity contribution in [1.82, 2.24) is 4.90 Å². The van der Waals surface area contributed by atoms with Gasteiger partial charge in [0.2, 0.25) is 0 Å². The molecule has 3 rings (SSSR count). The molecule has 0 N–H and O–H groups in total. The summed E-state index contributed by atoms with van der Waals surface area (Å²) in [5.41, 5.74) is 2.72. The number of halogens is 1. The van der Waals surface area contributed by atoms with E-state index >= 15 is 0 Å². The van der Waals surface area contributed by atoms with Gasteiger partial charge in [0, 0.05) is 37.9 Å². The Morgan fingerprint density at radius 1 is 1.12 bits per heavy atom. The molecule has 1 heterocycles. The number of carbonyl (C=O) groups excluding carboxylic acids is 1. The standard InChI is InChI=1S/C19H21FN2O2/c1-21(19(23)15-6-8-17(20)9-7-15)14-16-4-2-3-5-18(16)22-10-12-24-13-11-22/h2-9H,10-14H2,1H3. The maximum Gasteiger partial charge on any atom is 0.253 e. The minimum absolute atomic E-state index is 0.119. The fraction of sp³-hybridized carbons (Fsp3) is 0.316. The molecule has 2 aromatic rings. The van der Waals surface area contributed by atoms with Crippen molar-refractivity contribution < 1.29 is 13.9 Å². The van der Waals surface area contributed by atoms with Gasteiger partial charge in [-0.3, -0.25) is 4.79 Å². The number of nitrogens with zero attached hydrogens (tertiary/aromatic N) is 2. The van der Waals surface area contributed by atoms with E-state index in [1.165, 1.54) is 24.3 Å². The molecule has 0 saturated carbocycles. The largest absolute Gasteiger partial charge is 0.378 e. The van der Waals surface area contributed by atoms with E-state index in [-0.39, 0.29) is 11.7 Å². The molecule has 0 aromatic heterocycles. The number of para-hydroxylation sites is 1. The first kappa shape index (κ1) is 16.5. The lowest BCUT2D eigenvalue weighted by Gasteiger charge is -2.31. The van der Waals surface area contributed by atoms with Gasteiger partial charge in [-0.2, -0.15) is 0 Å². The average Bonchev–Trinajstić information content (AvgIpc) is 2.63. The third-order valence-electron chi connectivity index (χ3n) is 4.19. The summed E-state index contributed by atoms with van der Waals surface area (Å²) < 4.78 is 18.4. The van der Waals surface area contributed by atoms with Crippen molar-refractivity contribution in [1.29, 1.82) is 0 Å². The molecule has 0 radical (unpaired) electrons. The fourth-order valence-electron chi connectivity index (χ4n) is 2.90. The summed E-state index contributed by atoms with van der Waals surface area (Å²) in [7, 11) is 1.77. The Morgan fingerprint density at radius 2 is 1.79 bits per heavy atom. The van der Waals surface area contributed by atoms with Crippen molar-refractivity contribution in [2.45, 2.75) is 6.54 Å². The molecule has 1 saturated heterocycles. The minimum atomic E-state index is -0.341. The van der Waals surface area contributed by atoms with Gasteiger partial charge in [-0.15, -0.1) is 0 Å². The zero-order valence-electron chi connectivity index (χ0n) is 13.7. The van der Waals surface area contributed by atoms with Gasteiger partial charge in [0.1, 0.15) is 5.82 Å².